The van der Waals surface area contributed by atoms with Crippen LogP contribution in [0.25, 0.3) is 0 Å². The highest BCUT2D eigenvalue weighted by Crippen LogP contribution is 2.58. The number of amides is 3. The summed E-state index contributed by atoms with van der Waals surface area (Å²) in [5.74, 6) is -3.13. The maximum atomic E-state index is 14.2. The zero-order valence-corrected chi connectivity index (χ0v) is 24.0. The lowest BCUT2D eigenvalue weighted by atomic mass is 9.70. The van der Waals surface area contributed by atoms with Crippen LogP contribution in [-0.4, -0.2) is 133 Å². The average molecular weight is 577 g/mol. The fourth-order valence-electron chi connectivity index (χ4n) is 6.65. The summed E-state index contributed by atoms with van der Waals surface area (Å²) in [5.41, 5.74) is -1.17. The number of aliphatic hydroxyl groups is 1. The van der Waals surface area contributed by atoms with Crippen molar-refractivity contribution in [2.75, 3.05) is 65.6 Å². The first kappa shape index (κ1) is 31.1. The smallest absolute Gasteiger partial charge is 0.312 e. The molecule has 0 aromatic carbocycles. The van der Waals surface area contributed by atoms with Crippen LogP contribution in [0, 0.1) is 11.8 Å². The highest BCUT2D eigenvalue weighted by atomic mass is 16.6. The predicted molar refractivity (Wildman–Crippen MR) is 148 cm³/mol. The van der Waals surface area contributed by atoms with Crippen molar-refractivity contribution in [3.63, 3.8) is 0 Å². The van der Waals surface area contributed by atoms with E-state index >= 15 is 0 Å². The number of β-amino-alcohol motifs (C(OH)–C–C–N with tert-alkyl or cyclic N) is 1. The summed E-state index contributed by atoms with van der Waals surface area (Å²) in [4.78, 5) is 58.7. The highest BCUT2D eigenvalue weighted by molar-refractivity contribution is 5.98. The molecule has 6 atom stereocenters. The molecule has 228 valence electrons. The minimum Gasteiger partial charge on any atom is -0.460 e. The minimum atomic E-state index is -1.17. The molecule has 3 amide bonds. The molecule has 2 bridgehead atoms. The topological polar surface area (TPSA) is 138 Å². The van der Waals surface area contributed by atoms with E-state index < -0.39 is 41.7 Å². The van der Waals surface area contributed by atoms with E-state index in [1.165, 1.54) is 4.90 Å². The van der Waals surface area contributed by atoms with Gasteiger partial charge in [0.15, 0.2) is 0 Å². The van der Waals surface area contributed by atoms with Crippen molar-refractivity contribution >= 4 is 23.7 Å². The number of allylic oxidation sites excluding steroid dienone is 1. The number of rotatable bonds is 15. The number of morpholine rings is 1. The van der Waals surface area contributed by atoms with Crippen molar-refractivity contribution in [3.05, 3.63) is 25.3 Å². The Balaban J connectivity index is 1.49. The van der Waals surface area contributed by atoms with Gasteiger partial charge in [-0.15, -0.1) is 13.2 Å². The van der Waals surface area contributed by atoms with Crippen molar-refractivity contribution in [2.45, 2.75) is 56.5 Å². The maximum absolute atomic E-state index is 14.2. The molecule has 4 saturated heterocycles. The van der Waals surface area contributed by atoms with Gasteiger partial charge in [0.05, 0.1) is 44.3 Å². The van der Waals surface area contributed by atoms with E-state index in [4.69, 9.17) is 14.2 Å². The number of aliphatic hydroxyl groups excluding tert-OH is 1. The van der Waals surface area contributed by atoms with Gasteiger partial charge in [-0.05, 0) is 26.2 Å². The average Bonchev–Trinajstić information content (AvgIpc) is 3.61. The first-order valence-corrected chi connectivity index (χ1v) is 14.6. The number of hydrogen-bond acceptors (Lipinski definition) is 9. The Morgan fingerprint density at radius 1 is 1.24 bits per heavy atom. The van der Waals surface area contributed by atoms with Crippen LogP contribution in [0.15, 0.2) is 25.3 Å². The third-order valence-electron chi connectivity index (χ3n) is 8.58. The first-order valence-electron chi connectivity index (χ1n) is 14.6. The number of esters is 1. The Bertz CT molecular complexity index is 1000. The molecule has 1 spiro atoms. The molecule has 4 fully saturated rings. The molecule has 4 rings (SSSR count). The van der Waals surface area contributed by atoms with E-state index in [0.717, 1.165) is 13.1 Å². The summed E-state index contributed by atoms with van der Waals surface area (Å²) in [6.07, 6.45) is 3.98. The van der Waals surface area contributed by atoms with Crippen molar-refractivity contribution in [2.24, 2.45) is 11.8 Å². The van der Waals surface area contributed by atoms with Crippen LogP contribution in [0.4, 0.5) is 0 Å². The number of hydrogen-bond donors (Lipinski definition) is 2. The van der Waals surface area contributed by atoms with Gasteiger partial charge in [-0.25, -0.2) is 0 Å². The Labute approximate surface area is 241 Å². The van der Waals surface area contributed by atoms with Gasteiger partial charge >= 0.3 is 5.97 Å². The second-order valence-corrected chi connectivity index (χ2v) is 11.2. The van der Waals surface area contributed by atoms with Crippen LogP contribution >= 0.6 is 0 Å². The Morgan fingerprint density at radius 3 is 2.68 bits per heavy atom. The molecule has 0 saturated carbocycles. The molecule has 12 heteroatoms. The van der Waals surface area contributed by atoms with E-state index in [0.29, 0.717) is 58.5 Å². The first-order chi connectivity index (χ1) is 19.8. The number of likely N-dealkylation sites (tertiary alicyclic amines) is 1. The van der Waals surface area contributed by atoms with E-state index in [1.54, 1.807) is 24.0 Å². The Kier molecular flexibility index (Phi) is 10.6. The van der Waals surface area contributed by atoms with E-state index in [-0.39, 0.29) is 37.4 Å². The summed E-state index contributed by atoms with van der Waals surface area (Å²) >= 11 is 0. The van der Waals surface area contributed by atoms with Crippen LogP contribution < -0.4 is 5.32 Å². The Morgan fingerprint density at radius 2 is 2.00 bits per heavy atom. The highest BCUT2D eigenvalue weighted by Gasteiger charge is 2.75. The van der Waals surface area contributed by atoms with Gasteiger partial charge in [0, 0.05) is 45.7 Å². The van der Waals surface area contributed by atoms with E-state index in [1.807, 2.05) is 0 Å². The third-order valence-corrected chi connectivity index (χ3v) is 8.58. The van der Waals surface area contributed by atoms with Gasteiger partial charge in [0.2, 0.25) is 17.7 Å². The number of carbonyl (C=O) groups excluding carboxylic acids is 4. The largest absolute Gasteiger partial charge is 0.460 e. The maximum Gasteiger partial charge on any atom is 0.312 e. The molecule has 0 aromatic rings. The van der Waals surface area contributed by atoms with Crippen molar-refractivity contribution < 1.29 is 38.5 Å². The van der Waals surface area contributed by atoms with Crippen molar-refractivity contribution in [1.82, 2.24) is 20.0 Å². The molecule has 2 N–H and O–H groups in total. The molecule has 4 heterocycles. The number of nitrogens with zero attached hydrogens (tertiary/aromatic N) is 3. The van der Waals surface area contributed by atoms with E-state index in [2.05, 4.69) is 23.4 Å². The van der Waals surface area contributed by atoms with E-state index in [9.17, 15) is 24.3 Å². The monoisotopic (exact) mass is 576 g/mol. The molecule has 4 aliphatic rings. The molecule has 4 aliphatic heterocycles. The fraction of sp³-hybridized carbons (Fsp3) is 0.724. The summed E-state index contributed by atoms with van der Waals surface area (Å²) < 4.78 is 17.5. The zero-order chi connectivity index (χ0) is 29.6. The van der Waals surface area contributed by atoms with Gasteiger partial charge in [-0.2, -0.15) is 0 Å². The molecule has 41 heavy (non-hydrogen) atoms. The third kappa shape index (κ3) is 6.50. The van der Waals surface area contributed by atoms with Crippen LogP contribution in [0.5, 0.6) is 0 Å². The number of ether oxygens (including phenoxy) is 3. The molecule has 0 aliphatic carbocycles. The zero-order valence-electron chi connectivity index (χ0n) is 24.0. The fourth-order valence-corrected chi connectivity index (χ4v) is 6.65. The number of carbonyl (C=O) groups is 4. The molecule has 0 radical (unpaired) electrons. The van der Waals surface area contributed by atoms with Gasteiger partial charge in [-0.3, -0.25) is 24.1 Å². The molecule has 0 aromatic heterocycles. The van der Waals surface area contributed by atoms with Crippen molar-refractivity contribution in [3.8, 4) is 0 Å². The van der Waals surface area contributed by atoms with Crippen LogP contribution in [-0.2, 0) is 33.4 Å². The standard InChI is InChI=1S/C29H44N4O8/c1-4-6-7-22(35)30-19-20(3)40-28(38)23-21-8-9-29(41-21)24(23)26(36)33(13-16-34)25(29)27(37)32(10-5-2)12-11-31-14-17-39-18-15-31/h4-5,20-21,23-25,34H,1-2,6-19H2,3H3,(H,30,35)/t20-,21+,23-,24-,25+,29-/m0/s1. The number of nitrogens with one attached hydrogen (secondary N) is 1. The normalized spacial score (nSPS) is 29.6. The second kappa shape index (κ2) is 13.9. The summed E-state index contributed by atoms with van der Waals surface area (Å²) in [6, 6.07) is -0.957. The quantitative estimate of drug-likeness (QED) is 0.199. The van der Waals surface area contributed by atoms with Crippen molar-refractivity contribution in [1.29, 1.82) is 0 Å². The summed E-state index contributed by atoms with van der Waals surface area (Å²) in [7, 11) is 0. The lowest BCUT2D eigenvalue weighted by Crippen LogP contribution is -2.57. The van der Waals surface area contributed by atoms with Gasteiger partial charge < -0.3 is 34.4 Å². The van der Waals surface area contributed by atoms with Crippen LogP contribution in [0.1, 0.15) is 32.6 Å². The summed E-state index contributed by atoms with van der Waals surface area (Å²) in [5, 5.41) is 12.6. The predicted octanol–water partition coefficient (Wildman–Crippen LogP) is -0.286. The molecule has 0 unspecified atom stereocenters. The Hall–Kier alpha value is -2.80. The SMILES string of the molecule is C=CCCC(=O)NC[C@H](C)OC(=O)[C@@H]1[C@H]2C(=O)N(CCO)[C@H](C(=O)N(CC=C)CCN3CCOCC3)[C@]23CC[C@H]1O3. The van der Waals surface area contributed by atoms with Gasteiger partial charge in [0.1, 0.15) is 17.7 Å². The lowest BCUT2D eigenvalue weighted by Gasteiger charge is -2.37. The number of fused-ring (bicyclic) bond motifs is 1. The second-order valence-electron chi connectivity index (χ2n) is 11.2. The van der Waals surface area contributed by atoms with Gasteiger partial charge in [-0.1, -0.05) is 12.2 Å². The lowest BCUT2D eigenvalue weighted by molar-refractivity contribution is -0.159. The van der Waals surface area contributed by atoms with Crippen LogP contribution in [0.2, 0.25) is 0 Å². The van der Waals surface area contributed by atoms with Gasteiger partial charge in [0.25, 0.3) is 0 Å². The molecular weight excluding hydrogens is 532 g/mol. The molecular formula is C29H44N4O8. The van der Waals surface area contributed by atoms with Crippen LogP contribution in [0.3, 0.4) is 0 Å². The minimum absolute atomic E-state index is 0.0399. The summed E-state index contributed by atoms with van der Waals surface area (Å²) in [6.45, 7) is 13.1. The molecule has 12 nitrogen and oxygen atoms in total.